The van der Waals surface area contributed by atoms with E-state index in [-0.39, 0.29) is 10.8 Å². The van der Waals surface area contributed by atoms with Gasteiger partial charge in [-0.2, -0.15) is 18.3 Å². The molecule has 2 N–H and O–H groups in total. The van der Waals surface area contributed by atoms with E-state index in [1.165, 1.54) is 4.68 Å². The van der Waals surface area contributed by atoms with Crippen molar-refractivity contribution in [3.8, 4) is 5.82 Å². The summed E-state index contributed by atoms with van der Waals surface area (Å²) < 4.78 is 39.3. The first-order chi connectivity index (χ1) is 9.88. The molecule has 0 unspecified atom stereocenters. The summed E-state index contributed by atoms with van der Waals surface area (Å²) in [4.78, 5) is 3.81. The number of nitrogens with zero attached hydrogens (tertiary/aromatic N) is 3. The molecule has 2 heterocycles. The predicted octanol–water partition coefficient (Wildman–Crippen LogP) is 3.35. The minimum atomic E-state index is -4.48. The number of aromatic nitrogens is 3. The molecule has 0 bridgehead atoms. The highest BCUT2D eigenvalue weighted by Gasteiger charge is 2.32. The van der Waals surface area contributed by atoms with Crippen LogP contribution in [-0.4, -0.2) is 14.8 Å². The van der Waals surface area contributed by atoms with Crippen molar-refractivity contribution >= 4 is 11.6 Å². The highest BCUT2D eigenvalue weighted by Crippen LogP contribution is 2.32. The number of pyridine rings is 1. The Kier molecular flexibility index (Phi) is 4.53. The Hall–Kier alpha value is -1.60. The van der Waals surface area contributed by atoms with Crippen LogP contribution >= 0.6 is 11.6 Å². The molecular formula is C13H14ClF3N4. The Balaban J connectivity index is 2.50. The average Bonchev–Trinajstić information content (AvgIpc) is 2.81. The van der Waals surface area contributed by atoms with Gasteiger partial charge in [0.25, 0.3) is 0 Å². The van der Waals surface area contributed by atoms with Crippen molar-refractivity contribution in [3.63, 3.8) is 0 Å². The molecule has 2 rings (SSSR count). The molecule has 114 valence electrons. The Morgan fingerprint density at radius 1 is 1.33 bits per heavy atom. The van der Waals surface area contributed by atoms with E-state index in [0.717, 1.165) is 29.9 Å². The van der Waals surface area contributed by atoms with Crippen molar-refractivity contribution in [1.29, 1.82) is 0 Å². The number of nitrogens with two attached hydrogens (primary N) is 1. The summed E-state index contributed by atoms with van der Waals surface area (Å²) in [7, 11) is 0. The fourth-order valence-corrected chi connectivity index (χ4v) is 2.25. The lowest BCUT2D eigenvalue weighted by Gasteiger charge is -2.11. The Morgan fingerprint density at radius 3 is 2.57 bits per heavy atom. The molecule has 0 saturated heterocycles. The first-order valence-electron chi connectivity index (χ1n) is 6.37. The average molecular weight is 319 g/mol. The van der Waals surface area contributed by atoms with Gasteiger partial charge in [-0.05, 0) is 12.5 Å². The van der Waals surface area contributed by atoms with Crippen LogP contribution in [0, 0.1) is 0 Å². The predicted molar refractivity (Wildman–Crippen MR) is 73.3 cm³/mol. The van der Waals surface area contributed by atoms with Crippen LogP contribution in [0.1, 0.15) is 30.2 Å². The van der Waals surface area contributed by atoms with Crippen LogP contribution in [0.5, 0.6) is 0 Å². The summed E-state index contributed by atoms with van der Waals surface area (Å²) in [5.41, 5.74) is 6.39. The van der Waals surface area contributed by atoms with E-state index in [9.17, 15) is 13.2 Å². The van der Waals surface area contributed by atoms with Crippen molar-refractivity contribution in [1.82, 2.24) is 14.8 Å². The van der Waals surface area contributed by atoms with E-state index >= 15 is 0 Å². The zero-order valence-electron chi connectivity index (χ0n) is 11.3. The van der Waals surface area contributed by atoms with Crippen LogP contribution in [-0.2, 0) is 19.1 Å². The van der Waals surface area contributed by atoms with Crippen molar-refractivity contribution in [3.05, 3.63) is 40.3 Å². The normalized spacial score (nSPS) is 11.9. The maximum Gasteiger partial charge on any atom is 0.417 e. The van der Waals surface area contributed by atoms with Crippen LogP contribution < -0.4 is 5.73 Å². The molecule has 0 spiro atoms. The molecule has 4 nitrogen and oxygen atoms in total. The zero-order chi connectivity index (χ0) is 15.6. The Morgan fingerprint density at radius 2 is 2.05 bits per heavy atom. The fourth-order valence-electron chi connectivity index (χ4n) is 2.01. The third-order valence-electron chi connectivity index (χ3n) is 3.01. The molecular weight excluding hydrogens is 305 g/mol. The van der Waals surface area contributed by atoms with Crippen molar-refractivity contribution in [2.75, 3.05) is 0 Å². The van der Waals surface area contributed by atoms with Gasteiger partial charge in [-0.1, -0.05) is 24.9 Å². The van der Waals surface area contributed by atoms with Gasteiger partial charge in [-0.15, -0.1) is 0 Å². The SMILES string of the molecule is CCCc1c(CN)cnn1-c1ncc(C(F)(F)F)cc1Cl. The van der Waals surface area contributed by atoms with Gasteiger partial charge in [0.1, 0.15) is 0 Å². The maximum atomic E-state index is 12.6. The van der Waals surface area contributed by atoms with Gasteiger partial charge in [-0.25, -0.2) is 9.67 Å². The van der Waals surface area contributed by atoms with Crippen LogP contribution in [0.25, 0.3) is 5.82 Å². The van der Waals surface area contributed by atoms with Crippen LogP contribution in [0.3, 0.4) is 0 Å². The van der Waals surface area contributed by atoms with Crippen molar-refractivity contribution in [2.24, 2.45) is 5.73 Å². The minimum absolute atomic E-state index is 0.103. The number of halogens is 4. The number of hydrogen-bond acceptors (Lipinski definition) is 3. The lowest BCUT2D eigenvalue weighted by molar-refractivity contribution is -0.137. The number of alkyl halides is 3. The molecule has 0 aliphatic carbocycles. The smallest absolute Gasteiger partial charge is 0.326 e. The lowest BCUT2D eigenvalue weighted by atomic mass is 10.1. The van der Waals surface area contributed by atoms with Gasteiger partial charge >= 0.3 is 6.18 Å². The van der Waals surface area contributed by atoms with Crippen LogP contribution in [0.15, 0.2) is 18.5 Å². The molecule has 8 heteroatoms. The van der Waals surface area contributed by atoms with Crippen LogP contribution in [0.4, 0.5) is 13.2 Å². The maximum absolute atomic E-state index is 12.6. The highest BCUT2D eigenvalue weighted by atomic mass is 35.5. The van der Waals surface area contributed by atoms with Gasteiger partial charge in [-0.3, -0.25) is 0 Å². The van der Waals surface area contributed by atoms with Gasteiger partial charge in [0.15, 0.2) is 5.82 Å². The van der Waals surface area contributed by atoms with E-state index in [1.54, 1.807) is 6.20 Å². The summed E-state index contributed by atoms with van der Waals surface area (Å²) in [6, 6.07) is 0.851. The summed E-state index contributed by atoms with van der Waals surface area (Å²) in [6.07, 6.45) is -0.613. The highest BCUT2D eigenvalue weighted by molar-refractivity contribution is 6.32. The lowest BCUT2D eigenvalue weighted by Crippen LogP contribution is -2.11. The summed E-state index contributed by atoms with van der Waals surface area (Å²) in [6.45, 7) is 2.28. The van der Waals surface area contributed by atoms with Crippen LogP contribution in [0.2, 0.25) is 5.02 Å². The summed E-state index contributed by atoms with van der Waals surface area (Å²) in [5, 5.41) is 4.03. The first kappa shape index (κ1) is 15.8. The van der Waals surface area contributed by atoms with Crippen molar-refractivity contribution in [2.45, 2.75) is 32.5 Å². The fraction of sp³-hybridized carbons (Fsp3) is 0.385. The second kappa shape index (κ2) is 6.03. The van der Waals surface area contributed by atoms with E-state index in [2.05, 4.69) is 10.1 Å². The van der Waals surface area contributed by atoms with Gasteiger partial charge in [0.05, 0.1) is 22.5 Å². The number of rotatable bonds is 4. The molecule has 0 radical (unpaired) electrons. The molecule has 2 aromatic heterocycles. The quantitative estimate of drug-likeness (QED) is 0.940. The Labute approximate surface area is 124 Å². The second-order valence-corrected chi connectivity index (χ2v) is 4.92. The standard InChI is InChI=1S/C13H14ClF3N4/c1-2-3-11-8(5-18)6-20-21(11)12-10(14)4-9(7-19-12)13(15,16)17/h4,6-7H,2-3,5,18H2,1H3. The third kappa shape index (κ3) is 3.19. The van der Waals surface area contributed by atoms with Crippen molar-refractivity contribution < 1.29 is 13.2 Å². The largest absolute Gasteiger partial charge is 0.417 e. The molecule has 0 aliphatic rings. The minimum Gasteiger partial charge on any atom is -0.326 e. The van der Waals surface area contributed by atoms with E-state index in [4.69, 9.17) is 17.3 Å². The number of hydrogen-bond donors (Lipinski definition) is 1. The molecule has 0 amide bonds. The van der Waals surface area contributed by atoms with E-state index < -0.39 is 11.7 Å². The van der Waals surface area contributed by atoms with Gasteiger partial charge in [0, 0.05) is 18.3 Å². The Bertz CT molecular complexity index is 637. The topological polar surface area (TPSA) is 56.7 Å². The van der Waals surface area contributed by atoms with E-state index in [0.29, 0.717) is 13.0 Å². The molecule has 0 aromatic carbocycles. The van der Waals surface area contributed by atoms with Gasteiger partial charge < -0.3 is 5.73 Å². The monoisotopic (exact) mass is 318 g/mol. The van der Waals surface area contributed by atoms with E-state index in [1.807, 2.05) is 6.92 Å². The molecule has 0 saturated carbocycles. The third-order valence-corrected chi connectivity index (χ3v) is 3.29. The summed E-state index contributed by atoms with van der Waals surface area (Å²) >= 11 is 5.94. The van der Waals surface area contributed by atoms with Gasteiger partial charge in [0.2, 0.25) is 0 Å². The first-order valence-corrected chi connectivity index (χ1v) is 6.75. The molecule has 0 fully saturated rings. The second-order valence-electron chi connectivity index (χ2n) is 4.51. The molecule has 21 heavy (non-hydrogen) atoms. The summed E-state index contributed by atoms with van der Waals surface area (Å²) in [5.74, 6) is 0.174. The molecule has 2 aromatic rings. The zero-order valence-corrected chi connectivity index (χ0v) is 12.0. The molecule has 0 aliphatic heterocycles. The molecule has 0 atom stereocenters.